The van der Waals surface area contributed by atoms with Gasteiger partial charge in [0.05, 0.1) is 36.5 Å². The molecule has 3 rings (SSSR count). The van der Waals surface area contributed by atoms with Crippen LogP contribution in [0.2, 0.25) is 0 Å². The number of benzene rings is 1. The Labute approximate surface area is 144 Å². The lowest BCUT2D eigenvalue weighted by atomic mass is 9.90. The number of halogens is 6. The molecule has 4 atom stereocenters. The molecular weight excluding hydrogens is 366 g/mol. The molecule has 1 aromatic carbocycles. The number of hydrogen-bond donors (Lipinski definition) is 1. The first kappa shape index (κ1) is 18.8. The van der Waals surface area contributed by atoms with Crippen molar-refractivity contribution in [1.82, 2.24) is 0 Å². The summed E-state index contributed by atoms with van der Waals surface area (Å²) in [5.41, 5.74) is -1.94. The van der Waals surface area contributed by atoms with Gasteiger partial charge in [-0.15, -0.1) is 0 Å². The van der Waals surface area contributed by atoms with E-state index in [0.717, 1.165) is 11.0 Å². The number of anilines is 1. The van der Waals surface area contributed by atoms with Gasteiger partial charge in [-0.2, -0.15) is 31.6 Å². The van der Waals surface area contributed by atoms with Crippen molar-refractivity contribution in [3.63, 3.8) is 0 Å². The topological polar surface area (TPSA) is 56.5 Å². The molecule has 0 spiro atoms. The van der Waals surface area contributed by atoms with Gasteiger partial charge < -0.3 is 14.7 Å². The van der Waals surface area contributed by atoms with Crippen LogP contribution in [0.25, 0.3) is 0 Å². The van der Waals surface area contributed by atoms with E-state index in [0.29, 0.717) is 6.07 Å². The van der Waals surface area contributed by atoms with Gasteiger partial charge >= 0.3 is 12.4 Å². The van der Waals surface area contributed by atoms with Crippen LogP contribution in [0.3, 0.4) is 0 Å². The Balaban J connectivity index is 2.03. The second kappa shape index (κ2) is 6.32. The molecule has 0 aliphatic carbocycles. The van der Waals surface area contributed by atoms with E-state index in [1.54, 1.807) is 0 Å². The summed E-state index contributed by atoms with van der Waals surface area (Å²) >= 11 is 0. The van der Waals surface area contributed by atoms with Gasteiger partial charge in [-0.1, -0.05) is 0 Å². The third-order valence-corrected chi connectivity index (χ3v) is 4.90. The molecule has 2 aliphatic heterocycles. The summed E-state index contributed by atoms with van der Waals surface area (Å²) < 4.78 is 83.9. The zero-order valence-corrected chi connectivity index (χ0v) is 13.2. The minimum Gasteiger partial charge on any atom is -0.382 e. The molecule has 10 heteroatoms. The average Bonchev–Trinajstić information content (AvgIpc) is 3.12. The van der Waals surface area contributed by atoms with Crippen LogP contribution < -0.4 is 4.90 Å². The summed E-state index contributed by atoms with van der Waals surface area (Å²) in [6, 6.07) is 2.75. The lowest BCUT2D eigenvalue weighted by Gasteiger charge is -2.34. The maximum absolute atomic E-state index is 13.2. The molecule has 142 valence electrons. The monoisotopic (exact) mass is 380 g/mol. The molecule has 1 N–H and O–H groups in total. The van der Waals surface area contributed by atoms with Gasteiger partial charge in [0.1, 0.15) is 0 Å². The molecule has 26 heavy (non-hydrogen) atoms. The number of nitrogens with zero attached hydrogens (tertiary/aromatic N) is 2. The summed E-state index contributed by atoms with van der Waals surface area (Å²) in [5, 5.41) is 18.6. The lowest BCUT2D eigenvalue weighted by Crippen LogP contribution is -2.50. The molecule has 0 saturated carbocycles. The molecule has 4 nitrogen and oxygen atoms in total. The minimum atomic E-state index is -4.92. The molecule has 2 fully saturated rings. The van der Waals surface area contributed by atoms with Crippen molar-refractivity contribution in [2.45, 2.75) is 24.5 Å². The molecule has 0 radical (unpaired) electrons. The quantitative estimate of drug-likeness (QED) is 0.802. The third kappa shape index (κ3) is 3.21. The van der Waals surface area contributed by atoms with Gasteiger partial charge in [-0.25, -0.2) is 0 Å². The van der Waals surface area contributed by atoms with E-state index >= 15 is 0 Å². The molecule has 2 aliphatic rings. The molecule has 2 heterocycles. The summed E-state index contributed by atoms with van der Waals surface area (Å²) in [6.45, 7) is 0.220. The van der Waals surface area contributed by atoms with Crippen LogP contribution in [0.15, 0.2) is 18.2 Å². The molecule has 1 unspecified atom stereocenters. The number of hydrogen-bond acceptors (Lipinski definition) is 4. The SMILES string of the molecule is N#Cc1ccc(N2C[C@@H]3COC[C@@H]3C2[C@H](O)C(F)(F)F)cc1C(F)(F)F. The number of aliphatic hydroxyl groups excluding tert-OH is 1. The third-order valence-electron chi connectivity index (χ3n) is 4.90. The molecule has 0 amide bonds. The maximum atomic E-state index is 13.2. The van der Waals surface area contributed by atoms with E-state index in [4.69, 9.17) is 10.00 Å². The number of aliphatic hydroxyl groups is 1. The van der Waals surface area contributed by atoms with Crippen LogP contribution in [0.5, 0.6) is 0 Å². The first-order valence-corrected chi connectivity index (χ1v) is 7.74. The van der Waals surface area contributed by atoms with Gasteiger partial charge in [0.15, 0.2) is 6.10 Å². The highest BCUT2D eigenvalue weighted by Gasteiger charge is 2.55. The Bertz CT molecular complexity index is 727. The van der Waals surface area contributed by atoms with Crippen LogP contribution in [0.1, 0.15) is 11.1 Å². The first-order valence-electron chi connectivity index (χ1n) is 7.74. The predicted molar refractivity (Wildman–Crippen MR) is 77.2 cm³/mol. The van der Waals surface area contributed by atoms with E-state index in [9.17, 15) is 31.4 Å². The Morgan fingerprint density at radius 2 is 1.88 bits per heavy atom. The predicted octanol–water partition coefficient (Wildman–Crippen LogP) is 2.95. The first-order chi connectivity index (χ1) is 12.0. The van der Waals surface area contributed by atoms with E-state index < -0.39 is 41.5 Å². The summed E-state index contributed by atoms with van der Waals surface area (Å²) in [6.07, 6.45) is -12.5. The van der Waals surface area contributed by atoms with Gasteiger partial charge in [0.2, 0.25) is 0 Å². The maximum Gasteiger partial charge on any atom is 0.417 e. The second-order valence-electron chi connectivity index (χ2n) is 6.43. The molecule has 1 aromatic rings. The Kier molecular flexibility index (Phi) is 4.56. The van der Waals surface area contributed by atoms with Gasteiger partial charge in [0, 0.05) is 24.1 Å². The zero-order valence-electron chi connectivity index (χ0n) is 13.2. The highest BCUT2D eigenvalue weighted by atomic mass is 19.4. The summed E-state index contributed by atoms with van der Waals surface area (Å²) in [7, 11) is 0. The molecule has 2 saturated heterocycles. The van der Waals surface area contributed by atoms with Gasteiger partial charge in [0.25, 0.3) is 0 Å². The highest BCUT2D eigenvalue weighted by Crippen LogP contribution is 2.44. The van der Waals surface area contributed by atoms with Crippen molar-refractivity contribution in [2.24, 2.45) is 11.8 Å². The van der Waals surface area contributed by atoms with Crippen molar-refractivity contribution < 1.29 is 36.2 Å². The van der Waals surface area contributed by atoms with Crippen LogP contribution in [0, 0.1) is 23.2 Å². The van der Waals surface area contributed by atoms with E-state index in [-0.39, 0.29) is 31.4 Å². The minimum absolute atomic E-state index is 0.00137. The van der Waals surface area contributed by atoms with Crippen LogP contribution in [-0.4, -0.2) is 43.2 Å². The molecule has 0 bridgehead atoms. The van der Waals surface area contributed by atoms with Crippen LogP contribution in [0.4, 0.5) is 32.0 Å². The van der Waals surface area contributed by atoms with Gasteiger partial charge in [-0.05, 0) is 18.2 Å². The van der Waals surface area contributed by atoms with E-state index in [1.807, 2.05) is 0 Å². The number of fused-ring (bicyclic) bond motifs is 1. The van der Waals surface area contributed by atoms with Crippen molar-refractivity contribution in [3.05, 3.63) is 29.3 Å². The number of ether oxygens (including phenoxy) is 1. The van der Waals surface area contributed by atoms with Crippen molar-refractivity contribution >= 4 is 5.69 Å². The van der Waals surface area contributed by atoms with Crippen LogP contribution >= 0.6 is 0 Å². The van der Waals surface area contributed by atoms with Crippen molar-refractivity contribution in [1.29, 1.82) is 5.26 Å². The molecular formula is C16H14F6N2O2. The fourth-order valence-corrected chi connectivity index (χ4v) is 3.70. The molecule has 0 aromatic heterocycles. The Morgan fingerprint density at radius 3 is 2.46 bits per heavy atom. The number of nitriles is 1. The number of rotatable bonds is 2. The smallest absolute Gasteiger partial charge is 0.382 e. The van der Waals surface area contributed by atoms with Crippen LogP contribution in [-0.2, 0) is 10.9 Å². The highest BCUT2D eigenvalue weighted by molar-refractivity contribution is 5.56. The lowest BCUT2D eigenvalue weighted by molar-refractivity contribution is -0.212. The van der Waals surface area contributed by atoms with Crippen molar-refractivity contribution in [2.75, 3.05) is 24.7 Å². The van der Waals surface area contributed by atoms with Crippen molar-refractivity contribution in [3.8, 4) is 6.07 Å². The largest absolute Gasteiger partial charge is 0.417 e. The fourth-order valence-electron chi connectivity index (χ4n) is 3.70. The average molecular weight is 380 g/mol. The zero-order chi connectivity index (χ0) is 19.3. The summed E-state index contributed by atoms with van der Waals surface area (Å²) in [5.74, 6) is -0.960. The standard InChI is InChI=1S/C16H14F6N2O2/c17-15(18,19)12-3-10(2-1-8(12)4-23)24-5-9-6-26-7-11(9)13(24)14(25)16(20,21)22/h1-3,9,11,13-14,25H,5-7H2/t9-,11+,13?,14+/m1/s1. The summed E-state index contributed by atoms with van der Waals surface area (Å²) in [4.78, 5) is 1.15. The van der Waals surface area contributed by atoms with E-state index in [2.05, 4.69) is 0 Å². The fraction of sp³-hybridized carbons (Fsp3) is 0.562. The van der Waals surface area contributed by atoms with E-state index in [1.165, 1.54) is 12.1 Å². The Hall–Kier alpha value is -1.99. The normalized spacial score (nSPS) is 27.3. The van der Waals surface area contributed by atoms with Gasteiger partial charge in [-0.3, -0.25) is 0 Å². The number of alkyl halides is 6. The second-order valence-corrected chi connectivity index (χ2v) is 6.43. The Morgan fingerprint density at radius 1 is 1.19 bits per heavy atom.